The largest absolute Gasteiger partial charge is 0.493 e. The van der Waals surface area contributed by atoms with E-state index in [9.17, 15) is 9.59 Å². The molecular formula is C25H25Cl2NO4. The van der Waals surface area contributed by atoms with Crippen LogP contribution in [-0.2, 0) is 9.59 Å². The van der Waals surface area contributed by atoms with Crippen molar-refractivity contribution in [3.63, 3.8) is 0 Å². The van der Waals surface area contributed by atoms with Crippen molar-refractivity contribution in [2.45, 2.75) is 39.0 Å². The highest BCUT2D eigenvalue weighted by atomic mass is 35.5. The van der Waals surface area contributed by atoms with E-state index in [0.717, 1.165) is 5.56 Å². The molecule has 2 aromatic carbocycles. The number of carbonyl (C=O) groups is 2. The Morgan fingerprint density at radius 2 is 1.69 bits per heavy atom. The highest BCUT2D eigenvalue weighted by Crippen LogP contribution is 2.50. The summed E-state index contributed by atoms with van der Waals surface area (Å²) in [6, 6.07) is 10.6. The third-order valence-electron chi connectivity index (χ3n) is 6.06. The Morgan fingerprint density at radius 3 is 2.31 bits per heavy atom. The van der Waals surface area contributed by atoms with Gasteiger partial charge in [0.15, 0.2) is 17.3 Å². The van der Waals surface area contributed by atoms with Gasteiger partial charge in [0.1, 0.15) is 0 Å². The van der Waals surface area contributed by atoms with Gasteiger partial charge in [-0.05, 0) is 36.1 Å². The molecule has 1 amide bonds. The molecule has 0 spiro atoms. The molecule has 1 aliphatic heterocycles. The summed E-state index contributed by atoms with van der Waals surface area (Å²) in [6.45, 7) is 4.08. The fourth-order valence-electron chi connectivity index (χ4n) is 4.84. The number of Topliss-reactive ketones (excluding diaryl/α,β-unsaturated/α-hetero) is 1. The number of benzene rings is 2. The van der Waals surface area contributed by atoms with Crippen LogP contribution >= 0.6 is 23.2 Å². The number of amides is 1. The Morgan fingerprint density at radius 1 is 1.00 bits per heavy atom. The molecule has 0 aromatic heterocycles. The zero-order valence-electron chi connectivity index (χ0n) is 18.5. The summed E-state index contributed by atoms with van der Waals surface area (Å²) in [4.78, 5) is 28.6. The van der Waals surface area contributed by atoms with Crippen molar-refractivity contribution < 1.29 is 19.1 Å². The van der Waals surface area contributed by atoms with Gasteiger partial charge in [-0.25, -0.2) is 0 Å². The quantitative estimate of drug-likeness (QED) is 0.532. The number of anilines is 1. The number of nitrogens with zero attached hydrogens (tertiary/aromatic N) is 1. The van der Waals surface area contributed by atoms with Crippen molar-refractivity contribution >= 4 is 40.6 Å². The average Bonchev–Trinajstić information content (AvgIpc) is 2.70. The summed E-state index contributed by atoms with van der Waals surface area (Å²) in [5.74, 6) is 0.597. The van der Waals surface area contributed by atoms with E-state index >= 15 is 0 Å². The number of carbonyl (C=O) groups excluding carboxylic acids is 2. The molecule has 168 valence electrons. The first-order valence-corrected chi connectivity index (χ1v) is 11.2. The van der Waals surface area contributed by atoms with Gasteiger partial charge in [-0.1, -0.05) is 49.2 Å². The van der Waals surface area contributed by atoms with E-state index in [1.807, 2.05) is 26.0 Å². The molecule has 5 nitrogen and oxygen atoms in total. The van der Waals surface area contributed by atoms with Crippen LogP contribution in [0.15, 0.2) is 47.7 Å². The second kappa shape index (κ2) is 8.45. The second-order valence-electron chi connectivity index (χ2n) is 9.00. The third-order valence-corrected chi connectivity index (χ3v) is 6.49. The monoisotopic (exact) mass is 473 g/mol. The molecule has 0 fully saturated rings. The van der Waals surface area contributed by atoms with E-state index < -0.39 is 5.92 Å². The van der Waals surface area contributed by atoms with Crippen LogP contribution in [0.4, 0.5) is 5.69 Å². The van der Waals surface area contributed by atoms with Crippen LogP contribution in [0.1, 0.15) is 44.6 Å². The van der Waals surface area contributed by atoms with Crippen LogP contribution in [0.25, 0.3) is 0 Å². The van der Waals surface area contributed by atoms with E-state index in [0.29, 0.717) is 51.3 Å². The van der Waals surface area contributed by atoms with Crippen LogP contribution in [0.2, 0.25) is 10.0 Å². The van der Waals surface area contributed by atoms with E-state index in [-0.39, 0.29) is 23.5 Å². The van der Waals surface area contributed by atoms with Crippen LogP contribution in [-0.4, -0.2) is 25.9 Å². The minimum atomic E-state index is -0.419. The lowest BCUT2D eigenvalue weighted by Crippen LogP contribution is -2.43. The van der Waals surface area contributed by atoms with E-state index in [2.05, 4.69) is 0 Å². The Balaban J connectivity index is 1.95. The maximum Gasteiger partial charge on any atom is 0.232 e. The number of para-hydroxylation sites is 1. The van der Waals surface area contributed by atoms with Crippen LogP contribution in [0.5, 0.6) is 11.5 Å². The maximum absolute atomic E-state index is 13.5. The predicted octanol–water partition coefficient (Wildman–Crippen LogP) is 6.17. The number of rotatable bonds is 4. The SMILES string of the molecule is COc1cccc(C2CC(=O)N(c3cc(Cl)cc(Cl)c3)C3=C2C(=O)CC(C)(C)C3)c1OC. The first-order valence-electron chi connectivity index (χ1n) is 10.4. The Labute approximate surface area is 197 Å². The van der Waals surface area contributed by atoms with Crippen LogP contribution < -0.4 is 14.4 Å². The van der Waals surface area contributed by atoms with Crippen molar-refractivity contribution in [1.29, 1.82) is 0 Å². The van der Waals surface area contributed by atoms with Crippen molar-refractivity contribution in [2.75, 3.05) is 19.1 Å². The summed E-state index contributed by atoms with van der Waals surface area (Å²) in [5, 5.41) is 0.862. The van der Waals surface area contributed by atoms with Crippen molar-refractivity contribution in [3.05, 3.63) is 63.3 Å². The Kier molecular flexibility index (Phi) is 5.99. The molecule has 0 bridgehead atoms. The van der Waals surface area contributed by atoms with Crippen LogP contribution in [0, 0.1) is 5.41 Å². The molecule has 7 heteroatoms. The number of ether oxygens (including phenoxy) is 2. The molecule has 1 aliphatic carbocycles. The number of allylic oxidation sites excluding steroid dienone is 2. The lowest BCUT2D eigenvalue weighted by atomic mass is 9.69. The molecule has 1 atom stereocenters. The van der Waals surface area contributed by atoms with E-state index in [1.54, 1.807) is 43.4 Å². The lowest BCUT2D eigenvalue weighted by molar-refractivity contribution is -0.121. The predicted molar refractivity (Wildman–Crippen MR) is 126 cm³/mol. The van der Waals surface area contributed by atoms with E-state index in [4.69, 9.17) is 32.7 Å². The summed E-state index contributed by atoms with van der Waals surface area (Å²) < 4.78 is 11.1. The number of ketones is 1. The van der Waals surface area contributed by atoms with Gasteiger partial charge in [0.25, 0.3) is 0 Å². The Bertz CT molecular complexity index is 1120. The standard InChI is InChI=1S/C25H25Cl2NO4/c1-25(2)12-19-23(20(29)13-25)18(17-6-5-7-21(31-3)24(17)32-4)11-22(30)28(19)16-9-14(26)8-15(27)10-16/h5-10,18H,11-13H2,1-4H3. The van der Waals surface area contributed by atoms with Gasteiger partial charge >= 0.3 is 0 Å². The molecule has 4 rings (SSSR count). The molecule has 0 N–H and O–H groups in total. The zero-order valence-corrected chi connectivity index (χ0v) is 20.0. The van der Waals surface area contributed by atoms with Gasteiger partial charge in [0.2, 0.25) is 5.91 Å². The minimum Gasteiger partial charge on any atom is -0.493 e. The zero-order chi connectivity index (χ0) is 23.2. The number of hydrogen-bond donors (Lipinski definition) is 0. The first kappa shape index (κ1) is 22.7. The smallest absolute Gasteiger partial charge is 0.232 e. The molecule has 1 heterocycles. The average molecular weight is 474 g/mol. The first-order chi connectivity index (χ1) is 15.1. The van der Waals surface area contributed by atoms with Crippen molar-refractivity contribution in [2.24, 2.45) is 5.41 Å². The van der Waals surface area contributed by atoms with Gasteiger partial charge < -0.3 is 9.47 Å². The molecular weight excluding hydrogens is 449 g/mol. The van der Waals surface area contributed by atoms with Gasteiger partial charge in [0, 0.05) is 45.6 Å². The fourth-order valence-corrected chi connectivity index (χ4v) is 5.35. The lowest BCUT2D eigenvalue weighted by Gasteiger charge is -2.43. The molecule has 2 aromatic rings. The van der Waals surface area contributed by atoms with Gasteiger partial charge in [-0.2, -0.15) is 0 Å². The van der Waals surface area contributed by atoms with Crippen molar-refractivity contribution in [3.8, 4) is 11.5 Å². The normalized spacial score (nSPS) is 20.3. The molecule has 2 aliphatic rings. The fraction of sp³-hybridized carbons (Fsp3) is 0.360. The molecule has 1 unspecified atom stereocenters. The Hall–Kier alpha value is -2.50. The molecule has 0 saturated heterocycles. The number of methoxy groups -OCH3 is 2. The number of hydrogen-bond acceptors (Lipinski definition) is 4. The van der Waals surface area contributed by atoms with E-state index in [1.165, 1.54) is 0 Å². The summed E-state index contributed by atoms with van der Waals surface area (Å²) >= 11 is 12.5. The third kappa shape index (κ3) is 4.00. The summed E-state index contributed by atoms with van der Waals surface area (Å²) in [7, 11) is 3.13. The second-order valence-corrected chi connectivity index (χ2v) is 9.87. The summed E-state index contributed by atoms with van der Waals surface area (Å²) in [5.41, 5.74) is 2.41. The van der Waals surface area contributed by atoms with Gasteiger partial charge in [-0.15, -0.1) is 0 Å². The van der Waals surface area contributed by atoms with Crippen molar-refractivity contribution in [1.82, 2.24) is 0 Å². The van der Waals surface area contributed by atoms with Gasteiger partial charge in [-0.3, -0.25) is 14.5 Å². The molecule has 0 saturated carbocycles. The summed E-state index contributed by atoms with van der Waals surface area (Å²) in [6.07, 6.45) is 1.11. The molecule has 32 heavy (non-hydrogen) atoms. The van der Waals surface area contributed by atoms with Gasteiger partial charge in [0.05, 0.1) is 19.9 Å². The maximum atomic E-state index is 13.5. The minimum absolute atomic E-state index is 0.0387. The number of halogens is 2. The topological polar surface area (TPSA) is 55.8 Å². The van der Waals surface area contributed by atoms with Crippen LogP contribution in [0.3, 0.4) is 0 Å². The highest BCUT2D eigenvalue weighted by molar-refractivity contribution is 6.35. The highest BCUT2D eigenvalue weighted by Gasteiger charge is 2.45. The molecule has 0 radical (unpaired) electrons.